The highest BCUT2D eigenvalue weighted by atomic mass is 15.1. The molecular weight excluding hydrogens is 198 g/mol. The molecule has 16 heavy (non-hydrogen) atoms. The van der Waals surface area contributed by atoms with Gasteiger partial charge in [0.2, 0.25) is 0 Å². The SMILES string of the molecule is CNCc1ccc(CN2CCC(C)CC2)[nH]1. The van der Waals surface area contributed by atoms with Crippen LogP contribution in [0.4, 0.5) is 0 Å². The number of aromatic nitrogens is 1. The molecular formula is C13H23N3. The second-order valence-electron chi connectivity index (χ2n) is 5.00. The van der Waals surface area contributed by atoms with E-state index in [1.165, 1.54) is 37.3 Å². The molecule has 3 heteroatoms. The number of likely N-dealkylation sites (tertiary alicyclic amines) is 1. The summed E-state index contributed by atoms with van der Waals surface area (Å²) >= 11 is 0. The molecule has 1 aromatic heterocycles. The van der Waals surface area contributed by atoms with Crippen molar-refractivity contribution < 1.29 is 0 Å². The highest BCUT2D eigenvalue weighted by molar-refractivity contribution is 5.13. The van der Waals surface area contributed by atoms with Crippen LogP contribution >= 0.6 is 0 Å². The van der Waals surface area contributed by atoms with E-state index in [1.54, 1.807) is 0 Å². The molecule has 2 rings (SSSR count). The number of nitrogens with one attached hydrogen (secondary N) is 2. The van der Waals surface area contributed by atoms with Crippen LogP contribution in [0.1, 0.15) is 31.2 Å². The molecule has 0 aliphatic carbocycles. The lowest BCUT2D eigenvalue weighted by molar-refractivity contribution is 0.183. The van der Waals surface area contributed by atoms with E-state index in [1.807, 2.05) is 7.05 Å². The number of rotatable bonds is 4. The molecule has 0 saturated carbocycles. The highest BCUT2D eigenvalue weighted by Gasteiger charge is 2.15. The molecule has 1 fully saturated rings. The van der Waals surface area contributed by atoms with Crippen LogP contribution in [0.25, 0.3) is 0 Å². The second-order valence-corrected chi connectivity index (χ2v) is 5.00. The highest BCUT2D eigenvalue weighted by Crippen LogP contribution is 2.17. The van der Waals surface area contributed by atoms with Gasteiger partial charge in [0.15, 0.2) is 0 Å². The van der Waals surface area contributed by atoms with E-state index in [4.69, 9.17) is 0 Å². The van der Waals surface area contributed by atoms with Crippen LogP contribution < -0.4 is 5.32 Å². The van der Waals surface area contributed by atoms with E-state index in [0.29, 0.717) is 0 Å². The molecule has 0 spiro atoms. The minimum atomic E-state index is 0.916. The third kappa shape index (κ3) is 3.09. The average Bonchev–Trinajstić information content (AvgIpc) is 2.70. The molecule has 1 aliphatic heterocycles. The number of H-pyrrole nitrogens is 1. The van der Waals surface area contributed by atoms with E-state index in [2.05, 4.69) is 34.3 Å². The lowest BCUT2D eigenvalue weighted by Crippen LogP contribution is -2.32. The molecule has 2 N–H and O–H groups in total. The van der Waals surface area contributed by atoms with Gasteiger partial charge in [0.05, 0.1) is 0 Å². The molecule has 90 valence electrons. The summed E-state index contributed by atoms with van der Waals surface area (Å²) in [5, 5.41) is 3.16. The lowest BCUT2D eigenvalue weighted by atomic mass is 9.99. The molecule has 0 bridgehead atoms. The fourth-order valence-electron chi connectivity index (χ4n) is 2.34. The molecule has 0 unspecified atom stereocenters. The standard InChI is InChI=1S/C13H23N3/c1-11-5-7-16(8-6-11)10-13-4-3-12(15-13)9-14-2/h3-4,11,14-15H,5-10H2,1-2H3. The van der Waals surface area contributed by atoms with Gasteiger partial charge in [-0.1, -0.05) is 6.92 Å². The molecule has 0 atom stereocenters. The Kier molecular flexibility index (Phi) is 4.02. The van der Waals surface area contributed by atoms with E-state index in [9.17, 15) is 0 Å². The number of hydrogen-bond acceptors (Lipinski definition) is 2. The first-order valence-electron chi connectivity index (χ1n) is 6.31. The smallest absolute Gasteiger partial charge is 0.0385 e. The van der Waals surface area contributed by atoms with Crippen molar-refractivity contribution in [2.24, 2.45) is 5.92 Å². The maximum Gasteiger partial charge on any atom is 0.0385 e. The van der Waals surface area contributed by atoms with Gasteiger partial charge < -0.3 is 10.3 Å². The van der Waals surface area contributed by atoms with Gasteiger partial charge in [0.1, 0.15) is 0 Å². The number of aromatic amines is 1. The number of hydrogen-bond donors (Lipinski definition) is 2. The predicted molar refractivity (Wildman–Crippen MR) is 67.2 cm³/mol. The van der Waals surface area contributed by atoms with Gasteiger partial charge in [-0.2, -0.15) is 0 Å². The van der Waals surface area contributed by atoms with Crippen molar-refractivity contribution in [3.63, 3.8) is 0 Å². The Balaban J connectivity index is 1.83. The summed E-state index contributed by atoms with van der Waals surface area (Å²) in [7, 11) is 1.98. The summed E-state index contributed by atoms with van der Waals surface area (Å²) in [6.45, 7) is 6.87. The lowest BCUT2D eigenvalue weighted by Gasteiger charge is -2.29. The van der Waals surface area contributed by atoms with Gasteiger partial charge in [-0.05, 0) is 51.0 Å². The van der Waals surface area contributed by atoms with E-state index < -0.39 is 0 Å². The average molecular weight is 221 g/mol. The molecule has 0 radical (unpaired) electrons. The fraction of sp³-hybridized carbons (Fsp3) is 0.692. The van der Waals surface area contributed by atoms with Gasteiger partial charge in [0.25, 0.3) is 0 Å². The minimum absolute atomic E-state index is 0.916. The Labute approximate surface area is 98.2 Å². The zero-order valence-corrected chi connectivity index (χ0v) is 10.4. The fourth-order valence-corrected chi connectivity index (χ4v) is 2.34. The number of piperidine rings is 1. The molecule has 2 heterocycles. The summed E-state index contributed by atoms with van der Waals surface area (Å²) in [6, 6.07) is 4.39. The Hall–Kier alpha value is -0.800. The Morgan fingerprint density at radius 3 is 2.69 bits per heavy atom. The molecule has 0 amide bonds. The summed E-state index contributed by atoms with van der Waals surface area (Å²) < 4.78 is 0. The Morgan fingerprint density at radius 1 is 1.31 bits per heavy atom. The summed E-state index contributed by atoms with van der Waals surface area (Å²) in [6.07, 6.45) is 2.70. The quantitative estimate of drug-likeness (QED) is 0.814. The molecule has 3 nitrogen and oxygen atoms in total. The second kappa shape index (κ2) is 5.51. The minimum Gasteiger partial charge on any atom is -0.360 e. The maximum absolute atomic E-state index is 3.47. The Bertz CT molecular complexity index is 311. The summed E-state index contributed by atoms with van der Waals surface area (Å²) in [4.78, 5) is 6.02. The van der Waals surface area contributed by atoms with Gasteiger partial charge in [0, 0.05) is 24.5 Å². The van der Waals surface area contributed by atoms with Crippen molar-refractivity contribution in [2.75, 3.05) is 20.1 Å². The van der Waals surface area contributed by atoms with Crippen molar-refractivity contribution in [1.82, 2.24) is 15.2 Å². The van der Waals surface area contributed by atoms with Crippen molar-refractivity contribution in [3.05, 3.63) is 23.5 Å². The first-order valence-corrected chi connectivity index (χ1v) is 6.31. The van der Waals surface area contributed by atoms with Crippen molar-refractivity contribution >= 4 is 0 Å². The van der Waals surface area contributed by atoms with Crippen LogP contribution in [0.15, 0.2) is 12.1 Å². The van der Waals surface area contributed by atoms with Gasteiger partial charge in [-0.15, -0.1) is 0 Å². The topological polar surface area (TPSA) is 31.1 Å². The zero-order chi connectivity index (χ0) is 11.4. The van der Waals surface area contributed by atoms with Crippen LogP contribution in [0, 0.1) is 5.92 Å². The van der Waals surface area contributed by atoms with E-state index in [0.717, 1.165) is 19.0 Å². The van der Waals surface area contributed by atoms with Crippen molar-refractivity contribution in [3.8, 4) is 0 Å². The zero-order valence-electron chi connectivity index (χ0n) is 10.4. The molecule has 1 aliphatic rings. The largest absolute Gasteiger partial charge is 0.360 e. The van der Waals surface area contributed by atoms with Crippen molar-refractivity contribution in [2.45, 2.75) is 32.9 Å². The van der Waals surface area contributed by atoms with Gasteiger partial charge in [-0.25, -0.2) is 0 Å². The van der Waals surface area contributed by atoms with Crippen molar-refractivity contribution in [1.29, 1.82) is 0 Å². The van der Waals surface area contributed by atoms with Crippen LogP contribution in [0.3, 0.4) is 0 Å². The predicted octanol–water partition coefficient (Wildman–Crippen LogP) is 1.97. The van der Waals surface area contributed by atoms with Crippen LogP contribution in [0.2, 0.25) is 0 Å². The third-order valence-electron chi connectivity index (χ3n) is 3.44. The van der Waals surface area contributed by atoms with Gasteiger partial charge >= 0.3 is 0 Å². The van der Waals surface area contributed by atoms with Gasteiger partial charge in [-0.3, -0.25) is 4.90 Å². The van der Waals surface area contributed by atoms with E-state index in [-0.39, 0.29) is 0 Å². The Morgan fingerprint density at radius 2 is 2.00 bits per heavy atom. The number of nitrogens with zero attached hydrogens (tertiary/aromatic N) is 1. The molecule has 0 aromatic carbocycles. The molecule has 1 saturated heterocycles. The van der Waals surface area contributed by atoms with E-state index >= 15 is 0 Å². The van der Waals surface area contributed by atoms with Crippen LogP contribution in [0.5, 0.6) is 0 Å². The van der Waals surface area contributed by atoms with Crippen LogP contribution in [-0.2, 0) is 13.1 Å². The normalized spacial score (nSPS) is 19.1. The molecule has 1 aromatic rings. The first kappa shape index (κ1) is 11.7. The summed E-state index contributed by atoms with van der Waals surface area (Å²) in [5.41, 5.74) is 2.63. The first-order chi connectivity index (χ1) is 7.78. The summed E-state index contributed by atoms with van der Waals surface area (Å²) in [5.74, 6) is 0.916. The maximum atomic E-state index is 3.47. The van der Waals surface area contributed by atoms with Crippen LogP contribution in [-0.4, -0.2) is 30.0 Å². The third-order valence-corrected chi connectivity index (χ3v) is 3.44. The monoisotopic (exact) mass is 221 g/mol.